The average Bonchev–Trinajstić information content (AvgIpc) is 3.53. The molecule has 5 rings (SSSR count). The summed E-state index contributed by atoms with van der Waals surface area (Å²) in [6.45, 7) is 13.8. The fourth-order valence-corrected chi connectivity index (χ4v) is 6.15. The van der Waals surface area contributed by atoms with Gasteiger partial charge in [-0.1, -0.05) is 37.6 Å². The van der Waals surface area contributed by atoms with Crippen LogP contribution in [0.25, 0.3) is 16.9 Å². The molecule has 1 amide bonds. The van der Waals surface area contributed by atoms with E-state index in [0.717, 1.165) is 17.5 Å². The molecular weight excluding hydrogens is 593 g/mol. The Bertz CT molecular complexity index is 1610. The topological polar surface area (TPSA) is 120 Å². The van der Waals surface area contributed by atoms with Gasteiger partial charge in [-0.3, -0.25) is 9.38 Å². The number of imidazole rings is 1. The smallest absolute Gasteiger partial charge is 0.407 e. The summed E-state index contributed by atoms with van der Waals surface area (Å²) in [5, 5.41) is 18.6. The van der Waals surface area contributed by atoms with Gasteiger partial charge in [0.25, 0.3) is 0 Å². The van der Waals surface area contributed by atoms with Gasteiger partial charge in [0.1, 0.15) is 22.3 Å². The summed E-state index contributed by atoms with van der Waals surface area (Å²) in [5.41, 5.74) is 3.30. The van der Waals surface area contributed by atoms with Gasteiger partial charge in [-0.25, -0.2) is 18.9 Å². The average molecular weight is 630 g/mol. The van der Waals surface area contributed by atoms with Crippen molar-refractivity contribution in [3.8, 4) is 17.1 Å². The summed E-state index contributed by atoms with van der Waals surface area (Å²) in [5.74, 6) is -0.0456. The van der Waals surface area contributed by atoms with Gasteiger partial charge in [0.15, 0.2) is 14.4 Å². The summed E-state index contributed by atoms with van der Waals surface area (Å²) < 4.78 is 30.5. The van der Waals surface area contributed by atoms with E-state index in [1.165, 1.54) is 11.0 Å². The second kappa shape index (κ2) is 11.9. The van der Waals surface area contributed by atoms with E-state index in [2.05, 4.69) is 54.1 Å². The molecule has 1 atom stereocenters. The molecule has 1 fully saturated rings. The lowest BCUT2D eigenvalue weighted by Crippen LogP contribution is -2.42. The van der Waals surface area contributed by atoms with Crippen LogP contribution in [0.15, 0.2) is 36.7 Å². The molecule has 0 bridgehead atoms. The van der Waals surface area contributed by atoms with E-state index in [0.29, 0.717) is 54.0 Å². The highest BCUT2D eigenvalue weighted by Crippen LogP contribution is 2.38. The molecule has 1 N–H and O–H groups in total. The summed E-state index contributed by atoms with van der Waals surface area (Å²) in [4.78, 5) is 21.5. The molecule has 1 unspecified atom stereocenters. The molecule has 5 heterocycles. The number of nitrogens with zero attached hydrogens (tertiary/aromatic N) is 7. The van der Waals surface area contributed by atoms with E-state index < -0.39 is 26.3 Å². The van der Waals surface area contributed by atoms with Crippen molar-refractivity contribution in [1.29, 1.82) is 0 Å². The van der Waals surface area contributed by atoms with Crippen molar-refractivity contribution in [3.05, 3.63) is 59.0 Å². The van der Waals surface area contributed by atoms with Crippen LogP contribution >= 0.6 is 11.6 Å². The maximum Gasteiger partial charge on any atom is 0.407 e. The summed E-state index contributed by atoms with van der Waals surface area (Å²) >= 11 is 6.56. The normalized spacial score (nSPS) is 15.7. The fourth-order valence-electron chi connectivity index (χ4n) is 4.93. The third-order valence-electron chi connectivity index (χ3n) is 8.56. The number of aromatic nitrogens is 6. The number of carbonyl (C=O) groups is 1. The second-order valence-electron chi connectivity index (χ2n) is 12.4. The van der Waals surface area contributed by atoms with Crippen LogP contribution in [-0.4, -0.2) is 73.5 Å². The summed E-state index contributed by atoms with van der Waals surface area (Å²) in [7, 11) is -2.16. The van der Waals surface area contributed by atoms with Crippen LogP contribution in [0.1, 0.15) is 57.1 Å². The molecule has 0 spiro atoms. The molecule has 11 nitrogen and oxygen atoms in total. The molecule has 230 valence electrons. The Kier molecular flexibility index (Phi) is 8.51. The summed E-state index contributed by atoms with van der Waals surface area (Å²) in [6, 6.07) is 6.68. The predicted molar refractivity (Wildman–Crippen MR) is 163 cm³/mol. The van der Waals surface area contributed by atoms with Crippen molar-refractivity contribution in [2.24, 2.45) is 0 Å². The van der Waals surface area contributed by atoms with Gasteiger partial charge >= 0.3 is 6.09 Å². The van der Waals surface area contributed by atoms with Gasteiger partial charge in [0, 0.05) is 24.7 Å². The number of pyridine rings is 2. The number of rotatable bonds is 8. The van der Waals surface area contributed by atoms with E-state index in [1.54, 1.807) is 16.7 Å². The van der Waals surface area contributed by atoms with Gasteiger partial charge in [-0.05, 0) is 56.1 Å². The van der Waals surface area contributed by atoms with Crippen LogP contribution in [0, 0.1) is 12.7 Å². The Labute approximate surface area is 255 Å². The molecule has 1 aliphatic rings. The number of ether oxygens (including phenoxy) is 1. The molecule has 1 aliphatic heterocycles. The van der Waals surface area contributed by atoms with Crippen molar-refractivity contribution in [3.63, 3.8) is 0 Å². The van der Waals surface area contributed by atoms with Crippen molar-refractivity contribution >= 4 is 31.7 Å². The molecule has 4 aromatic heterocycles. The third kappa shape index (κ3) is 6.38. The molecular formula is C29H37ClFN7O4Si. The molecule has 0 aliphatic carbocycles. The fraction of sp³-hybridized carbons (Fsp3) is 0.483. The zero-order valence-electron chi connectivity index (χ0n) is 25.2. The number of halogens is 2. The van der Waals surface area contributed by atoms with Crippen molar-refractivity contribution in [2.75, 3.05) is 19.7 Å². The SMILES string of the molecule is Cc1c(-c2cc(OC(CO[Si](C)(C)C(C)(C)C)c3ccc(F)cn3)n3c(Cl)cnc3c2)nnn1C1CCN(C(=O)O)CC1. The monoisotopic (exact) mass is 629 g/mol. The maximum atomic E-state index is 13.8. The largest absolute Gasteiger partial charge is 0.466 e. The molecule has 1 saturated heterocycles. The zero-order chi connectivity index (χ0) is 31.1. The Hall–Kier alpha value is -3.55. The first-order valence-corrected chi connectivity index (χ1v) is 17.5. The Morgan fingerprint density at radius 1 is 1.19 bits per heavy atom. The van der Waals surface area contributed by atoms with Crippen molar-refractivity contribution < 1.29 is 23.5 Å². The number of fused-ring (bicyclic) bond motifs is 1. The number of likely N-dealkylation sites (tertiary alicyclic amines) is 1. The van der Waals surface area contributed by atoms with Crippen LogP contribution in [0.3, 0.4) is 0 Å². The highest BCUT2D eigenvalue weighted by Gasteiger charge is 2.38. The second-order valence-corrected chi connectivity index (χ2v) is 17.6. The van der Waals surface area contributed by atoms with Gasteiger partial charge in [0.05, 0.1) is 36.4 Å². The van der Waals surface area contributed by atoms with Crippen LogP contribution < -0.4 is 4.74 Å². The Morgan fingerprint density at radius 3 is 2.53 bits per heavy atom. The lowest BCUT2D eigenvalue weighted by molar-refractivity contribution is 0.112. The van der Waals surface area contributed by atoms with E-state index in [1.807, 2.05) is 23.7 Å². The van der Waals surface area contributed by atoms with Crippen LogP contribution in [0.2, 0.25) is 23.3 Å². The minimum atomic E-state index is -2.16. The van der Waals surface area contributed by atoms with Gasteiger partial charge in [-0.15, -0.1) is 5.10 Å². The Morgan fingerprint density at radius 2 is 1.91 bits per heavy atom. The summed E-state index contributed by atoms with van der Waals surface area (Å²) in [6.07, 6.45) is 2.45. The van der Waals surface area contributed by atoms with E-state index >= 15 is 0 Å². The number of carboxylic acid groups (broad SMARTS) is 1. The highest BCUT2D eigenvalue weighted by molar-refractivity contribution is 6.74. The first-order chi connectivity index (χ1) is 20.2. The molecule has 4 aromatic rings. The van der Waals surface area contributed by atoms with Crippen molar-refractivity contribution in [1.82, 2.24) is 34.3 Å². The first kappa shape index (κ1) is 30.9. The maximum absolute atomic E-state index is 13.8. The van der Waals surface area contributed by atoms with E-state index in [-0.39, 0.29) is 17.7 Å². The number of amides is 1. The van der Waals surface area contributed by atoms with Crippen molar-refractivity contribution in [2.45, 2.75) is 70.8 Å². The lowest BCUT2D eigenvalue weighted by Gasteiger charge is -2.37. The lowest BCUT2D eigenvalue weighted by atomic mass is 10.0. The quantitative estimate of drug-likeness (QED) is 0.218. The zero-order valence-corrected chi connectivity index (χ0v) is 27.0. The number of hydrogen-bond acceptors (Lipinski definition) is 7. The van der Waals surface area contributed by atoms with Crippen LogP contribution in [0.5, 0.6) is 5.88 Å². The van der Waals surface area contributed by atoms with Crippen LogP contribution in [0.4, 0.5) is 9.18 Å². The van der Waals surface area contributed by atoms with Gasteiger partial charge in [-0.2, -0.15) is 0 Å². The molecule has 0 saturated carbocycles. The standard InChI is InChI=1S/C29H37ClFN7O4Si/c1-18-27(34-35-38(18)21-9-11-36(12-10-21)28(39)40)19-13-25-33-16-24(30)37(25)26(14-19)42-23(22-8-7-20(31)15-32-22)17-41-43(5,6)29(2,3)4/h7-8,13-16,21,23H,9-12,17H2,1-6H3,(H,39,40). The first-order valence-electron chi connectivity index (χ1n) is 14.2. The van der Waals surface area contributed by atoms with Crippen LogP contribution in [-0.2, 0) is 4.43 Å². The molecule has 14 heteroatoms. The minimum absolute atomic E-state index is 0.0256. The number of piperidine rings is 1. The molecule has 0 aromatic carbocycles. The van der Waals surface area contributed by atoms with E-state index in [9.17, 15) is 14.3 Å². The van der Waals surface area contributed by atoms with Gasteiger partial charge in [0.2, 0.25) is 5.88 Å². The molecule has 43 heavy (non-hydrogen) atoms. The number of hydrogen-bond donors (Lipinski definition) is 1. The minimum Gasteiger partial charge on any atom is -0.466 e. The molecule has 0 radical (unpaired) electrons. The van der Waals surface area contributed by atoms with E-state index in [4.69, 9.17) is 20.8 Å². The predicted octanol–water partition coefficient (Wildman–Crippen LogP) is 6.55. The Balaban J connectivity index is 1.49. The third-order valence-corrected chi connectivity index (χ3v) is 13.3. The van der Waals surface area contributed by atoms with Gasteiger partial charge < -0.3 is 19.2 Å². The highest BCUT2D eigenvalue weighted by atomic mass is 35.5.